The second-order valence-corrected chi connectivity index (χ2v) is 9.14. The van der Waals surface area contributed by atoms with Gasteiger partial charge in [0, 0.05) is 11.8 Å². The molecule has 1 saturated heterocycles. The number of ketones is 1. The van der Waals surface area contributed by atoms with E-state index in [1.165, 1.54) is 0 Å². The monoisotopic (exact) mass is 276 g/mol. The van der Waals surface area contributed by atoms with Gasteiger partial charge in [-0.1, -0.05) is 24.3 Å². The van der Waals surface area contributed by atoms with E-state index in [2.05, 4.69) is 12.2 Å². The molecule has 3 fully saturated rings. The zero-order valence-corrected chi connectivity index (χ0v) is 11.3. The highest BCUT2D eigenvalue weighted by molar-refractivity contribution is 7.92. The lowest BCUT2D eigenvalue weighted by molar-refractivity contribution is -0.128. The third kappa shape index (κ3) is 1.04. The lowest BCUT2D eigenvalue weighted by Gasteiger charge is -2.41. The van der Waals surface area contributed by atoms with Gasteiger partial charge in [0.1, 0.15) is 5.78 Å². The van der Waals surface area contributed by atoms with E-state index in [1.807, 2.05) is 12.2 Å². The molecule has 0 amide bonds. The number of carbonyl (C=O) groups is 1. The molecule has 4 bridgehead atoms. The number of allylic oxidation sites excluding steroid dienone is 4. The molecule has 1 aliphatic heterocycles. The van der Waals surface area contributed by atoms with Crippen molar-refractivity contribution in [2.45, 2.75) is 23.3 Å². The molecule has 19 heavy (non-hydrogen) atoms. The molecule has 4 aliphatic carbocycles. The Morgan fingerprint density at radius 2 is 1.21 bits per heavy atom. The third-order valence-electron chi connectivity index (χ3n) is 6.19. The maximum Gasteiger partial charge on any atom is 0.158 e. The largest absolute Gasteiger partial charge is 0.299 e. The maximum absolute atomic E-state index is 13.0. The number of hydrogen-bond acceptors (Lipinski definition) is 3. The molecule has 1 heterocycles. The molecule has 3 nitrogen and oxygen atoms in total. The first-order valence-electron chi connectivity index (χ1n) is 7.22. The zero-order valence-electron chi connectivity index (χ0n) is 10.5. The van der Waals surface area contributed by atoms with E-state index in [-0.39, 0.29) is 41.3 Å². The second-order valence-electron chi connectivity index (χ2n) is 6.87. The number of carbonyl (C=O) groups excluding carboxylic acids is 1. The summed E-state index contributed by atoms with van der Waals surface area (Å²) < 4.78 is 26.0. The summed E-state index contributed by atoms with van der Waals surface area (Å²) in [5, 5.41) is -0.798. The van der Waals surface area contributed by atoms with Crippen LogP contribution in [0.2, 0.25) is 0 Å². The Morgan fingerprint density at radius 3 is 1.68 bits per heavy atom. The third-order valence-corrected chi connectivity index (χ3v) is 8.99. The van der Waals surface area contributed by atoms with Crippen LogP contribution in [0.25, 0.3) is 0 Å². The van der Waals surface area contributed by atoms with Gasteiger partial charge in [-0.3, -0.25) is 4.79 Å². The molecule has 0 N–H and O–H groups in total. The van der Waals surface area contributed by atoms with Crippen molar-refractivity contribution < 1.29 is 13.2 Å². The Bertz CT molecular complexity index is 596. The van der Waals surface area contributed by atoms with Crippen molar-refractivity contribution in [1.82, 2.24) is 0 Å². The Morgan fingerprint density at radius 1 is 0.789 bits per heavy atom. The Hall–Kier alpha value is -0.900. The summed E-state index contributed by atoms with van der Waals surface area (Å²) in [6.45, 7) is 0. The van der Waals surface area contributed by atoms with Crippen LogP contribution in [0.3, 0.4) is 0 Å². The van der Waals surface area contributed by atoms with E-state index in [9.17, 15) is 13.2 Å². The summed E-state index contributed by atoms with van der Waals surface area (Å²) in [7, 11) is -3.16. The Labute approximate surface area is 112 Å². The van der Waals surface area contributed by atoms with Crippen LogP contribution in [0.1, 0.15) is 12.8 Å². The lowest BCUT2D eigenvalue weighted by Crippen LogP contribution is -2.55. The zero-order chi connectivity index (χ0) is 12.9. The molecule has 0 aromatic heterocycles. The lowest BCUT2D eigenvalue weighted by atomic mass is 9.77. The van der Waals surface area contributed by atoms with Crippen molar-refractivity contribution >= 4 is 15.6 Å². The smallest absolute Gasteiger partial charge is 0.158 e. The van der Waals surface area contributed by atoms with Crippen LogP contribution < -0.4 is 0 Å². The van der Waals surface area contributed by atoms with Gasteiger partial charge in [0.25, 0.3) is 0 Å². The Kier molecular flexibility index (Phi) is 1.74. The number of sulfone groups is 1. The van der Waals surface area contributed by atoms with Crippen molar-refractivity contribution in [3.63, 3.8) is 0 Å². The molecule has 2 saturated carbocycles. The molecule has 0 aromatic rings. The molecule has 5 rings (SSSR count). The minimum atomic E-state index is -3.16. The van der Waals surface area contributed by atoms with Gasteiger partial charge in [-0.15, -0.1) is 0 Å². The highest BCUT2D eigenvalue weighted by Gasteiger charge is 2.67. The average Bonchev–Trinajstić information content (AvgIpc) is 3.11. The summed E-state index contributed by atoms with van der Waals surface area (Å²) in [5.74, 6) is 0.408. The molecule has 100 valence electrons. The van der Waals surface area contributed by atoms with Gasteiger partial charge >= 0.3 is 0 Å². The number of rotatable bonds is 0. The van der Waals surface area contributed by atoms with Crippen LogP contribution in [-0.4, -0.2) is 24.7 Å². The summed E-state index contributed by atoms with van der Waals surface area (Å²) in [6.07, 6.45) is 10.0. The molecular formula is C15H16O3S. The summed E-state index contributed by atoms with van der Waals surface area (Å²) in [5.41, 5.74) is 0. The molecule has 4 unspecified atom stereocenters. The molecule has 0 spiro atoms. The van der Waals surface area contributed by atoms with Gasteiger partial charge in [0.05, 0.1) is 10.5 Å². The minimum absolute atomic E-state index is 0.105. The van der Waals surface area contributed by atoms with Gasteiger partial charge in [-0.25, -0.2) is 8.42 Å². The van der Waals surface area contributed by atoms with Crippen LogP contribution >= 0.6 is 0 Å². The summed E-state index contributed by atoms with van der Waals surface area (Å²) in [6, 6.07) is 0. The van der Waals surface area contributed by atoms with Gasteiger partial charge in [-0.2, -0.15) is 0 Å². The van der Waals surface area contributed by atoms with Crippen molar-refractivity contribution in [2.75, 3.05) is 0 Å². The summed E-state index contributed by atoms with van der Waals surface area (Å²) in [4.78, 5) is 12.8. The fourth-order valence-corrected chi connectivity index (χ4v) is 8.83. The summed E-state index contributed by atoms with van der Waals surface area (Å²) >= 11 is 0. The molecular weight excluding hydrogens is 260 g/mol. The van der Waals surface area contributed by atoms with E-state index in [0.29, 0.717) is 0 Å². The van der Waals surface area contributed by atoms with Crippen molar-refractivity contribution in [1.29, 1.82) is 0 Å². The second kappa shape index (κ2) is 3.05. The minimum Gasteiger partial charge on any atom is -0.299 e. The maximum atomic E-state index is 13.0. The molecule has 0 radical (unpaired) electrons. The van der Waals surface area contributed by atoms with E-state index in [0.717, 1.165) is 12.8 Å². The standard InChI is InChI=1S/C15H16O3S/c16-13-11-7-1-3-9(5-7)14(11)19(17,18)15-10-4-2-8(6-10)12(13)15/h1-4,7-12,14-15H,5-6H2/t7-,8+,9+,10-,11?,12?,14?,15?. The first-order chi connectivity index (χ1) is 9.09. The van der Waals surface area contributed by atoms with Crippen LogP contribution in [0, 0.1) is 35.5 Å². The molecule has 8 atom stereocenters. The first kappa shape index (κ1) is 10.8. The SMILES string of the molecule is O=C1C2C([C@H]3C=C[C@@H]2C3)S(=O)(=O)C2C1[C@H]1C=C[C@@H]2C1. The number of hydrogen-bond donors (Lipinski definition) is 0. The van der Waals surface area contributed by atoms with Crippen molar-refractivity contribution in [3.05, 3.63) is 24.3 Å². The molecule has 4 heteroatoms. The molecule has 0 aromatic carbocycles. The van der Waals surface area contributed by atoms with E-state index in [1.54, 1.807) is 0 Å². The average molecular weight is 276 g/mol. The van der Waals surface area contributed by atoms with Gasteiger partial charge < -0.3 is 0 Å². The number of Topliss-reactive ketones (excluding diaryl/α,β-unsaturated/α-hetero) is 1. The fourth-order valence-electron chi connectivity index (χ4n) is 5.60. The van der Waals surface area contributed by atoms with Crippen molar-refractivity contribution in [2.24, 2.45) is 35.5 Å². The highest BCUT2D eigenvalue weighted by Crippen LogP contribution is 2.59. The fraction of sp³-hybridized carbons (Fsp3) is 0.667. The predicted octanol–water partition coefficient (Wildman–Crippen LogP) is 1.37. The van der Waals surface area contributed by atoms with E-state index in [4.69, 9.17) is 0 Å². The van der Waals surface area contributed by atoms with Crippen LogP contribution in [0.4, 0.5) is 0 Å². The Balaban J connectivity index is 1.72. The highest BCUT2D eigenvalue weighted by atomic mass is 32.2. The van der Waals surface area contributed by atoms with Crippen molar-refractivity contribution in [3.8, 4) is 0 Å². The topological polar surface area (TPSA) is 51.2 Å². The predicted molar refractivity (Wildman–Crippen MR) is 70.0 cm³/mol. The van der Waals surface area contributed by atoms with E-state index >= 15 is 0 Å². The molecule has 5 aliphatic rings. The van der Waals surface area contributed by atoms with Crippen LogP contribution in [0.15, 0.2) is 24.3 Å². The van der Waals surface area contributed by atoms with Crippen LogP contribution in [-0.2, 0) is 14.6 Å². The van der Waals surface area contributed by atoms with Crippen LogP contribution in [0.5, 0.6) is 0 Å². The normalized spacial score (nSPS) is 58.6. The van der Waals surface area contributed by atoms with Gasteiger partial charge in [-0.05, 0) is 36.5 Å². The number of fused-ring (bicyclic) bond motifs is 10. The van der Waals surface area contributed by atoms with Gasteiger partial charge in [0.2, 0.25) is 0 Å². The van der Waals surface area contributed by atoms with E-state index < -0.39 is 20.3 Å². The quantitative estimate of drug-likeness (QED) is 0.628. The van der Waals surface area contributed by atoms with Gasteiger partial charge in [0.15, 0.2) is 9.84 Å². The first-order valence-corrected chi connectivity index (χ1v) is 8.83.